The molecule has 0 saturated heterocycles. The number of hydrogen-bond donors (Lipinski definition) is 0. The van der Waals surface area contributed by atoms with Gasteiger partial charge in [0.1, 0.15) is 0 Å². The molecule has 0 heterocycles. The molecule has 0 spiro atoms. The largest absolute Gasteiger partial charge is 0.0691 e. The highest BCUT2D eigenvalue weighted by Gasteiger charge is 2.24. The van der Waals surface area contributed by atoms with Crippen LogP contribution in [0, 0.1) is 0 Å². The van der Waals surface area contributed by atoms with Crippen molar-refractivity contribution in [2.24, 2.45) is 0 Å². The molecule has 14 heavy (non-hydrogen) atoms. The van der Waals surface area contributed by atoms with Crippen molar-refractivity contribution < 1.29 is 0 Å². The highest BCUT2D eigenvalue weighted by atomic mass is 28.3. The molecule has 0 unspecified atom stereocenters. The maximum atomic E-state index is 2.65. The van der Waals surface area contributed by atoms with Crippen molar-refractivity contribution in [2.75, 3.05) is 0 Å². The van der Waals surface area contributed by atoms with E-state index >= 15 is 0 Å². The van der Waals surface area contributed by atoms with Crippen LogP contribution < -0.4 is 0 Å². The summed E-state index contributed by atoms with van der Waals surface area (Å²) in [6.07, 6.45) is 8.62. The van der Waals surface area contributed by atoms with Crippen molar-refractivity contribution in [3.8, 4) is 0 Å². The molecule has 0 N–H and O–H groups in total. The van der Waals surface area contributed by atoms with Crippen LogP contribution in [0.1, 0.15) is 59.3 Å². The summed E-state index contributed by atoms with van der Waals surface area (Å²) in [5.41, 5.74) is 0. The summed E-state index contributed by atoms with van der Waals surface area (Å²) in [7, 11) is -0.812. The molecule has 0 aromatic rings. The predicted molar refractivity (Wildman–Crippen MR) is 70.8 cm³/mol. The SMILES string of the molecule is CCCC[Si](C)(CCCC)CCCC. The molecule has 86 valence electrons. The van der Waals surface area contributed by atoms with E-state index in [2.05, 4.69) is 27.3 Å². The fourth-order valence-corrected chi connectivity index (χ4v) is 6.56. The van der Waals surface area contributed by atoms with Crippen LogP contribution in [0.3, 0.4) is 0 Å². The van der Waals surface area contributed by atoms with E-state index in [9.17, 15) is 0 Å². The Morgan fingerprint density at radius 2 is 0.929 bits per heavy atom. The summed E-state index contributed by atoms with van der Waals surface area (Å²) in [5.74, 6) is 0. The zero-order chi connectivity index (χ0) is 10.9. The van der Waals surface area contributed by atoms with Gasteiger partial charge in [-0.3, -0.25) is 0 Å². The second-order valence-electron chi connectivity index (χ2n) is 5.12. The maximum absolute atomic E-state index is 2.65. The Labute approximate surface area is 92.5 Å². The first kappa shape index (κ1) is 14.2. The van der Waals surface area contributed by atoms with Gasteiger partial charge in [-0.15, -0.1) is 0 Å². The van der Waals surface area contributed by atoms with E-state index in [1.807, 2.05) is 0 Å². The van der Waals surface area contributed by atoms with Gasteiger partial charge in [0.15, 0.2) is 0 Å². The topological polar surface area (TPSA) is 0 Å². The van der Waals surface area contributed by atoms with Crippen molar-refractivity contribution in [1.29, 1.82) is 0 Å². The van der Waals surface area contributed by atoms with Gasteiger partial charge in [0.05, 0.1) is 8.07 Å². The van der Waals surface area contributed by atoms with Crippen LogP contribution in [0.25, 0.3) is 0 Å². The lowest BCUT2D eigenvalue weighted by atomic mass is 10.4. The highest BCUT2D eigenvalue weighted by Crippen LogP contribution is 2.27. The zero-order valence-electron chi connectivity index (χ0n) is 10.9. The molecule has 0 nitrogen and oxygen atoms in total. The van der Waals surface area contributed by atoms with Crippen LogP contribution in [-0.2, 0) is 0 Å². The molecular formula is C13H30Si. The number of unbranched alkanes of at least 4 members (excludes halogenated alkanes) is 3. The van der Waals surface area contributed by atoms with Gasteiger partial charge < -0.3 is 0 Å². The molecule has 0 fully saturated rings. The highest BCUT2D eigenvalue weighted by molar-refractivity contribution is 6.78. The van der Waals surface area contributed by atoms with E-state index in [0.29, 0.717) is 0 Å². The summed E-state index contributed by atoms with van der Waals surface area (Å²) in [6.45, 7) is 9.63. The fourth-order valence-electron chi connectivity index (χ4n) is 2.19. The molecule has 0 bridgehead atoms. The molecule has 0 amide bonds. The summed E-state index contributed by atoms with van der Waals surface area (Å²) in [4.78, 5) is 0. The van der Waals surface area contributed by atoms with Crippen LogP contribution in [0.15, 0.2) is 0 Å². The summed E-state index contributed by atoms with van der Waals surface area (Å²) in [6, 6.07) is 4.76. The Morgan fingerprint density at radius 3 is 1.14 bits per heavy atom. The molecule has 0 aromatic heterocycles. The molecule has 0 aliphatic heterocycles. The Balaban J connectivity index is 3.89. The Kier molecular flexibility index (Phi) is 8.65. The summed E-state index contributed by atoms with van der Waals surface area (Å²) >= 11 is 0. The lowest BCUT2D eigenvalue weighted by Crippen LogP contribution is -2.29. The maximum Gasteiger partial charge on any atom is 0.0504 e. The molecule has 1 heteroatoms. The standard InChI is InChI=1S/C13H30Si/c1-5-8-11-14(4,12-9-6-2)13-10-7-3/h5-13H2,1-4H3. The first-order chi connectivity index (χ1) is 6.68. The van der Waals surface area contributed by atoms with Gasteiger partial charge >= 0.3 is 0 Å². The van der Waals surface area contributed by atoms with Gasteiger partial charge in [-0.2, -0.15) is 0 Å². The van der Waals surface area contributed by atoms with E-state index in [1.54, 1.807) is 18.1 Å². The fraction of sp³-hybridized carbons (Fsp3) is 1.00. The van der Waals surface area contributed by atoms with Crippen LogP contribution in [0.2, 0.25) is 24.7 Å². The van der Waals surface area contributed by atoms with Crippen molar-refractivity contribution in [1.82, 2.24) is 0 Å². The molecule has 0 aliphatic rings. The number of rotatable bonds is 9. The minimum atomic E-state index is -0.812. The first-order valence-electron chi connectivity index (χ1n) is 6.68. The molecule has 0 rings (SSSR count). The molecular weight excluding hydrogens is 184 g/mol. The van der Waals surface area contributed by atoms with Gasteiger partial charge in [-0.25, -0.2) is 0 Å². The van der Waals surface area contributed by atoms with Gasteiger partial charge in [0.2, 0.25) is 0 Å². The van der Waals surface area contributed by atoms with Crippen molar-refractivity contribution >= 4 is 8.07 Å². The first-order valence-corrected chi connectivity index (χ1v) is 9.80. The normalized spacial score (nSPS) is 12.0. The smallest absolute Gasteiger partial charge is 0.0504 e. The minimum absolute atomic E-state index is 0.812. The quantitative estimate of drug-likeness (QED) is 0.447. The molecule has 0 aromatic carbocycles. The monoisotopic (exact) mass is 214 g/mol. The summed E-state index contributed by atoms with van der Waals surface area (Å²) < 4.78 is 0. The minimum Gasteiger partial charge on any atom is -0.0691 e. The molecule has 0 radical (unpaired) electrons. The third kappa shape index (κ3) is 6.64. The van der Waals surface area contributed by atoms with Crippen LogP contribution in [-0.4, -0.2) is 8.07 Å². The predicted octanol–water partition coefficient (Wildman–Crippen LogP) is 5.47. The Bertz CT molecular complexity index is 98.6. The molecule has 0 atom stereocenters. The Morgan fingerprint density at radius 1 is 0.643 bits per heavy atom. The van der Waals surface area contributed by atoms with E-state index < -0.39 is 8.07 Å². The van der Waals surface area contributed by atoms with Gasteiger partial charge in [0, 0.05) is 0 Å². The second-order valence-corrected chi connectivity index (χ2v) is 10.2. The lowest BCUT2D eigenvalue weighted by molar-refractivity contribution is 0.795. The second kappa shape index (κ2) is 8.52. The van der Waals surface area contributed by atoms with Crippen molar-refractivity contribution in [2.45, 2.75) is 84.0 Å². The average molecular weight is 214 g/mol. The van der Waals surface area contributed by atoms with E-state index in [1.165, 1.54) is 38.5 Å². The number of hydrogen-bond acceptors (Lipinski definition) is 0. The van der Waals surface area contributed by atoms with E-state index in [4.69, 9.17) is 0 Å². The van der Waals surface area contributed by atoms with Crippen molar-refractivity contribution in [3.63, 3.8) is 0 Å². The molecule has 0 aliphatic carbocycles. The summed E-state index contributed by atoms with van der Waals surface area (Å²) in [5, 5.41) is 0. The van der Waals surface area contributed by atoms with Crippen molar-refractivity contribution in [3.05, 3.63) is 0 Å². The van der Waals surface area contributed by atoms with Gasteiger partial charge in [0.25, 0.3) is 0 Å². The third-order valence-electron chi connectivity index (χ3n) is 3.40. The van der Waals surface area contributed by atoms with Gasteiger partial charge in [-0.1, -0.05) is 84.0 Å². The lowest BCUT2D eigenvalue weighted by Gasteiger charge is -2.27. The van der Waals surface area contributed by atoms with Crippen LogP contribution in [0.5, 0.6) is 0 Å². The van der Waals surface area contributed by atoms with Crippen LogP contribution >= 0.6 is 0 Å². The van der Waals surface area contributed by atoms with E-state index in [-0.39, 0.29) is 0 Å². The Hall–Kier alpha value is 0.217. The van der Waals surface area contributed by atoms with Crippen LogP contribution in [0.4, 0.5) is 0 Å². The average Bonchev–Trinajstić information content (AvgIpc) is 2.21. The molecule has 0 saturated carbocycles. The van der Waals surface area contributed by atoms with Gasteiger partial charge in [-0.05, 0) is 0 Å². The van der Waals surface area contributed by atoms with E-state index in [0.717, 1.165) is 0 Å². The third-order valence-corrected chi connectivity index (χ3v) is 8.08. The zero-order valence-corrected chi connectivity index (χ0v) is 11.9.